The van der Waals surface area contributed by atoms with Crippen molar-refractivity contribution in [3.8, 4) is 5.75 Å². The molecule has 2 aromatic carbocycles. The second-order valence-electron chi connectivity index (χ2n) is 18.3. The van der Waals surface area contributed by atoms with Gasteiger partial charge in [0.25, 0.3) is 0 Å². The maximum Gasteiger partial charge on any atom is 0.344 e. The first-order valence-electron chi connectivity index (χ1n) is 21.3. The van der Waals surface area contributed by atoms with Gasteiger partial charge in [0.15, 0.2) is 6.10 Å². The van der Waals surface area contributed by atoms with Crippen LogP contribution >= 0.6 is 0 Å². The Morgan fingerprint density at radius 3 is 2.49 bits per heavy atom. The first-order valence-corrected chi connectivity index (χ1v) is 21.3. The van der Waals surface area contributed by atoms with Crippen LogP contribution in [0.4, 0.5) is 5.69 Å². The second kappa shape index (κ2) is 13.0. The van der Waals surface area contributed by atoms with Crippen molar-refractivity contribution >= 4 is 34.5 Å². The summed E-state index contributed by atoms with van der Waals surface area (Å²) in [5.74, 6) is -1.37. The Hall–Kier alpha value is -4.43. The van der Waals surface area contributed by atoms with E-state index < -0.39 is 51.9 Å². The van der Waals surface area contributed by atoms with Gasteiger partial charge in [-0.3, -0.25) is 19.4 Å². The zero-order valence-corrected chi connectivity index (χ0v) is 35.1. The molecule has 3 saturated heterocycles. The number of aromatic nitrogens is 1. The zero-order chi connectivity index (χ0) is 41.4. The molecule has 4 fully saturated rings. The topological polar surface area (TPSA) is 146 Å². The van der Waals surface area contributed by atoms with Crippen molar-refractivity contribution in [1.82, 2.24) is 14.8 Å². The Morgan fingerprint density at radius 2 is 1.78 bits per heavy atom. The molecular weight excluding hydrogens is 753 g/mol. The monoisotopic (exact) mass is 808 g/mol. The third-order valence-electron chi connectivity index (χ3n) is 16.0. The van der Waals surface area contributed by atoms with Gasteiger partial charge >= 0.3 is 17.9 Å². The molecule has 1 saturated carbocycles. The molecular formula is C46H56N4O9. The van der Waals surface area contributed by atoms with Gasteiger partial charge in [0.1, 0.15) is 16.8 Å². The van der Waals surface area contributed by atoms with Crippen LogP contribution in [0.3, 0.4) is 0 Å². The molecule has 10 rings (SSSR count). The molecule has 7 aliphatic rings. The van der Waals surface area contributed by atoms with Crippen molar-refractivity contribution in [2.24, 2.45) is 11.3 Å². The highest BCUT2D eigenvalue weighted by atomic mass is 16.6. The Kier molecular flexibility index (Phi) is 8.56. The van der Waals surface area contributed by atoms with Crippen molar-refractivity contribution < 1.29 is 43.2 Å². The fourth-order valence-corrected chi connectivity index (χ4v) is 13.9. The van der Waals surface area contributed by atoms with Gasteiger partial charge in [-0.25, -0.2) is 4.79 Å². The number of ether oxygens (including phenoxy) is 5. The van der Waals surface area contributed by atoms with Crippen molar-refractivity contribution in [2.75, 3.05) is 66.0 Å². The second-order valence-corrected chi connectivity index (χ2v) is 18.3. The molecule has 3 aromatic rings. The molecule has 59 heavy (non-hydrogen) atoms. The van der Waals surface area contributed by atoms with Crippen molar-refractivity contribution in [3.63, 3.8) is 0 Å². The van der Waals surface area contributed by atoms with Gasteiger partial charge < -0.3 is 38.7 Å². The minimum Gasteiger partial charge on any atom is -0.496 e. The summed E-state index contributed by atoms with van der Waals surface area (Å²) in [6.07, 6.45) is 5.94. The fraction of sp³-hybridized carbons (Fsp3) is 0.587. The number of nitrogens with one attached hydrogen (secondary N) is 1. The number of carbonyl (C=O) groups is 3. The molecule has 2 N–H and O–H groups in total. The number of H-pyrrole nitrogens is 1. The maximum absolute atomic E-state index is 15.4. The Balaban J connectivity index is 1.28. The molecule has 0 amide bonds. The van der Waals surface area contributed by atoms with Gasteiger partial charge in [0.05, 0.1) is 33.5 Å². The number of aliphatic hydroxyl groups is 1. The molecule has 2 unspecified atom stereocenters. The van der Waals surface area contributed by atoms with E-state index in [0.717, 1.165) is 59.5 Å². The van der Waals surface area contributed by atoms with Crippen LogP contribution in [0.2, 0.25) is 0 Å². The number of benzene rings is 2. The van der Waals surface area contributed by atoms with Gasteiger partial charge in [-0.15, -0.1) is 0 Å². The number of para-hydroxylation sites is 1. The smallest absolute Gasteiger partial charge is 0.344 e. The summed E-state index contributed by atoms with van der Waals surface area (Å²) in [6, 6.07) is 11.2. The number of likely N-dealkylation sites (N-methyl/N-ethyl adjacent to an activating group) is 1. The van der Waals surface area contributed by atoms with Gasteiger partial charge in [0, 0.05) is 96.9 Å². The van der Waals surface area contributed by atoms with Crippen LogP contribution in [0.5, 0.6) is 5.75 Å². The highest BCUT2D eigenvalue weighted by Gasteiger charge is 2.80. The maximum atomic E-state index is 15.4. The fourth-order valence-electron chi connectivity index (χ4n) is 13.9. The van der Waals surface area contributed by atoms with E-state index in [9.17, 15) is 14.7 Å². The van der Waals surface area contributed by atoms with Gasteiger partial charge in [-0.1, -0.05) is 44.2 Å². The van der Waals surface area contributed by atoms with E-state index in [1.807, 2.05) is 37.1 Å². The number of piperidine rings is 1. The highest BCUT2D eigenvalue weighted by molar-refractivity contribution is 5.95. The standard InChI is InChI=1S/C46H56N4O9/c1-8-42-16-12-18-50-20-17-44(37(42)50)30-21-31(34(55-5)22-33(30)48(4)38(44)46(54,41(53)57-7)39(42)58-26(3)51)45(40(52)56-6)23-27-24-49(25-43(9-2)36(27)59-43)19-15-29-28-13-10-11-14-32(28)47-35(29)45/h10-14,16,21-22,27,36-39,47,54H,8-9,15,17-20,23-25H2,1-7H3/t27-,36+,37-,38+,39+,42-,43+,44-,45+,46?/m0/s1. The number of nitrogens with zero attached hydrogens (tertiary/aromatic N) is 3. The van der Waals surface area contributed by atoms with E-state index in [4.69, 9.17) is 23.7 Å². The van der Waals surface area contributed by atoms with Gasteiger partial charge in [-0.2, -0.15) is 0 Å². The molecule has 1 spiro atoms. The van der Waals surface area contributed by atoms with Crippen LogP contribution in [-0.2, 0) is 50.6 Å². The lowest BCUT2D eigenvalue weighted by atomic mass is 9.47. The summed E-state index contributed by atoms with van der Waals surface area (Å²) < 4.78 is 30.7. The van der Waals surface area contributed by atoms with Crippen molar-refractivity contribution in [2.45, 2.75) is 99.2 Å². The van der Waals surface area contributed by atoms with E-state index in [-0.39, 0.29) is 23.7 Å². The molecule has 6 aliphatic heterocycles. The summed E-state index contributed by atoms with van der Waals surface area (Å²) in [5, 5.41) is 14.4. The molecule has 7 heterocycles. The van der Waals surface area contributed by atoms with Gasteiger partial charge in [-0.05, 0) is 61.9 Å². The number of hydrogen-bond donors (Lipinski definition) is 2. The molecule has 1 aromatic heterocycles. The molecule has 2 bridgehead atoms. The Labute approximate surface area is 344 Å². The van der Waals surface area contributed by atoms with E-state index in [2.05, 4.69) is 52.1 Å². The van der Waals surface area contributed by atoms with Crippen LogP contribution in [0.15, 0.2) is 48.6 Å². The lowest BCUT2D eigenvalue weighted by Crippen LogP contribution is -2.81. The summed E-state index contributed by atoms with van der Waals surface area (Å²) in [6.45, 7) is 9.32. The van der Waals surface area contributed by atoms with E-state index >= 15 is 4.79 Å². The van der Waals surface area contributed by atoms with Crippen LogP contribution < -0.4 is 9.64 Å². The predicted molar refractivity (Wildman–Crippen MR) is 218 cm³/mol. The van der Waals surface area contributed by atoms with Crippen molar-refractivity contribution in [1.29, 1.82) is 0 Å². The SMILES string of the molecule is CC[C@@]12CN3CCc4c([nH]c5ccccc45)[C@](C(=O)OC)(c4cc5c(cc4OC)N(C)[C@H]4C(O)(C(=O)OC)[C@H](OC(C)=O)[C@@]6(CC)C=CCN7CC[C@@]54[C@@H]76)C[C@@H](C3)[C@H]1O2. The number of aromatic amines is 1. The zero-order valence-electron chi connectivity index (χ0n) is 35.1. The quantitative estimate of drug-likeness (QED) is 0.154. The summed E-state index contributed by atoms with van der Waals surface area (Å²) in [7, 11) is 6.23. The molecule has 1 aliphatic carbocycles. The lowest BCUT2D eigenvalue weighted by Gasteiger charge is -2.63. The number of esters is 3. The molecule has 11 atom stereocenters. The van der Waals surface area contributed by atoms with Crippen LogP contribution in [0, 0.1) is 11.3 Å². The van der Waals surface area contributed by atoms with Crippen LogP contribution in [0.25, 0.3) is 10.9 Å². The predicted octanol–water partition coefficient (Wildman–Crippen LogP) is 4.01. The molecule has 13 nitrogen and oxygen atoms in total. The van der Waals surface area contributed by atoms with Gasteiger partial charge in [0.2, 0.25) is 5.60 Å². The lowest BCUT2D eigenvalue weighted by molar-refractivity contribution is -0.228. The Morgan fingerprint density at radius 1 is 1.00 bits per heavy atom. The number of methoxy groups -OCH3 is 3. The first-order chi connectivity index (χ1) is 28.3. The number of carbonyl (C=O) groups excluding carboxylic acids is 3. The van der Waals surface area contributed by atoms with E-state index in [1.165, 1.54) is 21.1 Å². The first kappa shape index (κ1) is 38.8. The number of rotatable bonds is 7. The molecule has 13 heteroatoms. The van der Waals surface area contributed by atoms with Crippen LogP contribution in [-0.4, -0.2) is 134 Å². The summed E-state index contributed by atoms with van der Waals surface area (Å²) >= 11 is 0. The highest BCUT2D eigenvalue weighted by Crippen LogP contribution is 2.68. The van der Waals surface area contributed by atoms with Crippen LogP contribution in [0.1, 0.15) is 68.8 Å². The number of fused-ring (bicyclic) bond motifs is 8. The Bertz CT molecular complexity index is 2310. The molecule has 0 radical (unpaired) electrons. The van der Waals surface area contributed by atoms with E-state index in [1.54, 1.807) is 7.11 Å². The van der Waals surface area contributed by atoms with E-state index in [0.29, 0.717) is 50.1 Å². The average Bonchev–Trinajstić information content (AvgIpc) is 3.53. The normalized spacial score (nSPS) is 38.7. The minimum absolute atomic E-state index is 0.00603. The number of anilines is 1. The number of epoxide rings is 1. The minimum atomic E-state index is -2.29. The number of hydrogen-bond acceptors (Lipinski definition) is 12. The largest absolute Gasteiger partial charge is 0.496 e. The molecule has 314 valence electrons. The third kappa shape index (κ3) is 4.73. The van der Waals surface area contributed by atoms with Crippen molar-refractivity contribution in [3.05, 3.63) is 70.9 Å². The average molecular weight is 809 g/mol. The third-order valence-corrected chi connectivity index (χ3v) is 16.0. The summed E-state index contributed by atoms with van der Waals surface area (Å²) in [5.41, 5.74) is -0.627. The summed E-state index contributed by atoms with van der Waals surface area (Å²) in [4.78, 5) is 53.5.